The Morgan fingerprint density at radius 3 is 2.21 bits per heavy atom. The van der Waals surface area contributed by atoms with E-state index in [-0.39, 0.29) is 16.3 Å². The van der Waals surface area contributed by atoms with E-state index in [2.05, 4.69) is 9.46 Å². The Hall–Kier alpha value is -2.22. The second kappa shape index (κ2) is 6.72. The molecule has 0 saturated carbocycles. The molecule has 0 unspecified atom stereocenters. The molecule has 0 aliphatic rings. The van der Waals surface area contributed by atoms with E-state index in [4.69, 9.17) is 0 Å². The Morgan fingerprint density at radius 2 is 1.67 bits per heavy atom. The quantitative estimate of drug-likeness (QED) is 0.876. The van der Waals surface area contributed by atoms with E-state index in [1.807, 2.05) is 6.92 Å². The number of halogens is 3. The van der Waals surface area contributed by atoms with Crippen LogP contribution in [0.3, 0.4) is 0 Å². The first-order chi connectivity index (χ1) is 11.1. The summed E-state index contributed by atoms with van der Waals surface area (Å²) in [6.07, 6.45) is -4.43. The van der Waals surface area contributed by atoms with E-state index in [9.17, 15) is 21.6 Å². The summed E-state index contributed by atoms with van der Waals surface area (Å²) >= 11 is 0. The number of alkyl halides is 3. The van der Waals surface area contributed by atoms with E-state index in [1.165, 1.54) is 30.3 Å². The van der Waals surface area contributed by atoms with Crippen LogP contribution in [0.2, 0.25) is 0 Å². The van der Waals surface area contributed by atoms with Crippen LogP contribution in [0.4, 0.5) is 18.9 Å². The minimum Gasteiger partial charge on any atom is -0.484 e. The molecular weight excluding hydrogens is 343 g/mol. The Bertz CT molecular complexity index is 815. The molecule has 2 rings (SSSR count). The van der Waals surface area contributed by atoms with Crippen LogP contribution in [0, 0.1) is 13.8 Å². The van der Waals surface area contributed by atoms with Crippen LogP contribution in [-0.4, -0.2) is 21.2 Å². The first kappa shape index (κ1) is 18.1. The highest BCUT2D eigenvalue weighted by molar-refractivity contribution is 7.92. The molecule has 8 heteroatoms. The molecule has 0 aromatic heterocycles. The summed E-state index contributed by atoms with van der Waals surface area (Å²) < 4.78 is 68.1. The van der Waals surface area contributed by atoms with Crippen LogP contribution in [0.5, 0.6) is 5.75 Å². The smallest absolute Gasteiger partial charge is 0.422 e. The molecule has 1 N–H and O–H groups in total. The third-order valence-corrected chi connectivity index (χ3v) is 4.56. The first-order valence-electron chi connectivity index (χ1n) is 6.96. The van der Waals surface area contributed by atoms with Gasteiger partial charge >= 0.3 is 6.18 Å². The zero-order chi connectivity index (χ0) is 18.0. The molecule has 0 radical (unpaired) electrons. The lowest BCUT2D eigenvalue weighted by atomic mass is 10.2. The lowest BCUT2D eigenvalue weighted by molar-refractivity contribution is -0.153. The van der Waals surface area contributed by atoms with Crippen molar-refractivity contribution in [3.8, 4) is 5.75 Å². The van der Waals surface area contributed by atoms with E-state index in [1.54, 1.807) is 19.1 Å². The Kier molecular flexibility index (Phi) is 5.08. The number of anilines is 1. The number of hydrogen-bond acceptors (Lipinski definition) is 3. The maximum absolute atomic E-state index is 12.3. The van der Waals surface area contributed by atoms with Crippen LogP contribution in [0.1, 0.15) is 11.1 Å². The molecule has 130 valence electrons. The van der Waals surface area contributed by atoms with E-state index in [0.29, 0.717) is 5.56 Å². The van der Waals surface area contributed by atoms with Gasteiger partial charge in [-0.2, -0.15) is 13.2 Å². The molecular formula is C16H16F3NO3S. The fourth-order valence-corrected chi connectivity index (χ4v) is 3.06. The standard InChI is InChI=1S/C16H16F3NO3S/c1-11-3-6-14(7-4-11)24(21,22)20-15-8-5-13(9-12(15)2)23-10-16(17,18)19/h3-9,20H,10H2,1-2H3. The van der Waals surface area contributed by atoms with Crippen molar-refractivity contribution in [3.05, 3.63) is 53.6 Å². The van der Waals surface area contributed by atoms with E-state index >= 15 is 0 Å². The van der Waals surface area contributed by atoms with Gasteiger partial charge in [0.05, 0.1) is 10.6 Å². The number of benzene rings is 2. The molecule has 0 atom stereocenters. The second-order valence-corrected chi connectivity index (χ2v) is 6.98. The van der Waals surface area contributed by atoms with Crippen molar-refractivity contribution in [1.29, 1.82) is 0 Å². The van der Waals surface area contributed by atoms with E-state index in [0.717, 1.165) is 5.56 Å². The van der Waals surface area contributed by atoms with Gasteiger partial charge in [0.2, 0.25) is 0 Å². The average molecular weight is 359 g/mol. The SMILES string of the molecule is Cc1ccc(S(=O)(=O)Nc2ccc(OCC(F)(F)F)cc2C)cc1. The topological polar surface area (TPSA) is 55.4 Å². The van der Waals surface area contributed by atoms with Crippen molar-refractivity contribution in [2.45, 2.75) is 24.9 Å². The number of sulfonamides is 1. The Labute approximate surface area is 138 Å². The van der Waals surface area contributed by atoms with Crippen molar-refractivity contribution >= 4 is 15.7 Å². The zero-order valence-electron chi connectivity index (χ0n) is 13.0. The highest BCUT2D eigenvalue weighted by atomic mass is 32.2. The van der Waals surface area contributed by atoms with Gasteiger partial charge < -0.3 is 4.74 Å². The molecule has 0 fully saturated rings. The van der Waals surface area contributed by atoms with Gasteiger partial charge in [-0.25, -0.2) is 8.42 Å². The number of rotatable bonds is 5. The van der Waals surface area contributed by atoms with Crippen LogP contribution >= 0.6 is 0 Å². The minimum absolute atomic E-state index is 0.0168. The van der Waals surface area contributed by atoms with Gasteiger partial charge in [0.1, 0.15) is 5.75 Å². The molecule has 0 amide bonds. The largest absolute Gasteiger partial charge is 0.484 e. The predicted octanol–water partition coefficient (Wildman–Crippen LogP) is 4.05. The summed E-state index contributed by atoms with van der Waals surface area (Å²) in [4.78, 5) is 0.102. The van der Waals surface area contributed by atoms with Crippen molar-refractivity contribution in [2.75, 3.05) is 11.3 Å². The zero-order valence-corrected chi connectivity index (χ0v) is 13.8. The Balaban J connectivity index is 2.16. The maximum Gasteiger partial charge on any atom is 0.422 e. The van der Waals surface area contributed by atoms with Crippen molar-refractivity contribution < 1.29 is 26.3 Å². The molecule has 0 heterocycles. The molecule has 0 aliphatic heterocycles. The molecule has 0 bridgehead atoms. The third-order valence-electron chi connectivity index (χ3n) is 3.18. The molecule has 0 saturated heterocycles. The molecule has 4 nitrogen and oxygen atoms in total. The highest BCUT2D eigenvalue weighted by Crippen LogP contribution is 2.25. The summed E-state index contributed by atoms with van der Waals surface area (Å²) in [5.74, 6) is 0.0168. The van der Waals surface area contributed by atoms with Gasteiger partial charge in [0.15, 0.2) is 6.61 Å². The summed E-state index contributed by atoms with van der Waals surface area (Å²) in [5.41, 5.74) is 1.65. The molecule has 24 heavy (non-hydrogen) atoms. The summed E-state index contributed by atoms with van der Waals surface area (Å²) in [6.45, 7) is 2.02. The molecule has 2 aromatic carbocycles. The average Bonchev–Trinajstić information content (AvgIpc) is 2.47. The van der Waals surface area contributed by atoms with Crippen LogP contribution < -0.4 is 9.46 Å². The summed E-state index contributed by atoms with van der Waals surface area (Å²) in [5, 5.41) is 0. The minimum atomic E-state index is -4.43. The van der Waals surface area contributed by atoms with Gasteiger partial charge in [0.25, 0.3) is 10.0 Å². The summed E-state index contributed by atoms with van der Waals surface area (Å²) in [7, 11) is -3.77. The monoisotopic (exact) mass is 359 g/mol. The van der Waals surface area contributed by atoms with Gasteiger partial charge in [-0.1, -0.05) is 17.7 Å². The van der Waals surface area contributed by atoms with Gasteiger partial charge in [0, 0.05) is 0 Å². The summed E-state index contributed by atoms with van der Waals surface area (Å²) in [6, 6.07) is 10.3. The predicted molar refractivity (Wildman–Crippen MR) is 84.7 cm³/mol. The van der Waals surface area contributed by atoms with Crippen LogP contribution in [-0.2, 0) is 10.0 Å². The van der Waals surface area contributed by atoms with Crippen molar-refractivity contribution in [2.24, 2.45) is 0 Å². The van der Waals surface area contributed by atoms with Crippen LogP contribution in [0.25, 0.3) is 0 Å². The lowest BCUT2D eigenvalue weighted by Gasteiger charge is -2.13. The normalized spacial score (nSPS) is 12.0. The maximum atomic E-state index is 12.3. The molecule has 2 aromatic rings. The number of aryl methyl sites for hydroxylation is 2. The number of ether oxygens (including phenoxy) is 1. The van der Waals surface area contributed by atoms with E-state index < -0.39 is 22.8 Å². The highest BCUT2D eigenvalue weighted by Gasteiger charge is 2.28. The third kappa shape index (κ3) is 4.89. The molecule has 0 spiro atoms. The Morgan fingerprint density at radius 1 is 1.04 bits per heavy atom. The van der Waals surface area contributed by atoms with Gasteiger partial charge in [-0.3, -0.25) is 4.72 Å². The molecule has 0 aliphatic carbocycles. The number of hydrogen-bond donors (Lipinski definition) is 1. The van der Waals surface area contributed by atoms with Crippen molar-refractivity contribution in [1.82, 2.24) is 0 Å². The van der Waals surface area contributed by atoms with Gasteiger partial charge in [-0.15, -0.1) is 0 Å². The number of nitrogens with one attached hydrogen (secondary N) is 1. The first-order valence-corrected chi connectivity index (χ1v) is 8.45. The fourth-order valence-electron chi connectivity index (χ4n) is 1.93. The van der Waals surface area contributed by atoms with Crippen molar-refractivity contribution in [3.63, 3.8) is 0 Å². The lowest BCUT2D eigenvalue weighted by Crippen LogP contribution is -2.19. The fraction of sp³-hybridized carbons (Fsp3) is 0.250. The van der Waals surface area contributed by atoms with Crippen LogP contribution in [0.15, 0.2) is 47.4 Å². The second-order valence-electron chi connectivity index (χ2n) is 5.30. The van der Waals surface area contributed by atoms with Gasteiger partial charge in [-0.05, 0) is 49.7 Å².